The van der Waals surface area contributed by atoms with E-state index in [0.717, 1.165) is 25.1 Å². The molecule has 1 amide bonds. The van der Waals surface area contributed by atoms with Gasteiger partial charge in [0.15, 0.2) is 0 Å². The van der Waals surface area contributed by atoms with Crippen LogP contribution in [0.1, 0.15) is 69.1 Å². The normalized spacial score (nSPS) is 14.2. The molecule has 1 aromatic heterocycles. The summed E-state index contributed by atoms with van der Waals surface area (Å²) >= 11 is 0. The second kappa shape index (κ2) is 12.6. The summed E-state index contributed by atoms with van der Waals surface area (Å²) in [6.07, 6.45) is -8.07. The van der Waals surface area contributed by atoms with Crippen LogP contribution in [0, 0.1) is 0 Å². The molecule has 0 aliphatic heterocycles. The standard InChI is InChI=1S/C22H24F6N4O.C2H6/c1-12(20(33)32-13(2)15-6-4-8-17(10-15)21(23,24)25)19(22(26,27)28)31-14(3)18-16(11-29)7-5-9-30-18;1-2/h4-10,13-14,31H,11,29H2,1-3H3,(H,32,33);1-2H3/b19-12+;. The van der Waals surface area contributed by atoms with Gasteiger partial charge in [-0.2, -0.15) is 26.3 Å². The molecule has 2 unspecified atom stereocenters. The first-order valence-corrected chi connectivity index (χ1v) is 10.9. The molecule has 0 spiro atoms. The number of benzene rings is 1. The van der Waals surface area contributed by atoms with E-state index in [1.54, 1.807) is 12.1 Å². The molecule has 0 fully saturated rings. The summed E-state index contributed by atoms with van der Waals surface area (Å²) in [6.45, 7) is 7.88. The SMILES string of the molecule is C/C(C(=O)NC(C)c1cccc(C(F)(F)F)c1)=C(\NC(C)c1ncccc1CN)C(F)(F)F.CC. The van der Waals surface area contributed by atoms with Crippen molar-refractivity contribution in [1.82, 2.24) is 15.6 Å². The third-order valence-electron chi connectivity index (χ3n) is 4.98. The zero-order valence-corrected chi connectivity index (χ0v) is 20.1. The molecule has 5 nitrogen and oxygen atoms in total. The van der Waals surface area contributed by atoms with Crippen molar-refractivity contribution in [2.45, 2.75) is 65.6 Å². The van der Waals surface area contributed by atoms with Crippen LogP contribution in [0.5, 0.6) is 0 Å². The van der Waals surface area contributed by atoms with Gasteiger partial charge >= 0.3 is 12.4 Å². The van der Waals surface area contributed by atoms with Crippen LogP contribution in [0.2, 0.25) is 0 Å². The summed E-state index contributed by atoms with van der Waals surface area (Å²) in [7, 11) is 0. The van der Waals surface area contributed by atoms with Gasteiger partial charge in [-0.05, 0) is 50.1 Å². The van der Waals surface area contributed by atoms with Crippen molar-refractivity contribution >= 4 is 5.91 Å². The first-order valence-electron chi connectivity index (χ1n) is 10.9. The van der Waals surface area contributed by atoms with E-state index >= 15 is 0 Å². The number of carbonyl (C=O) groups is 1. The number of nitrogens with one attached hydrogen (secondary N) is 2. The minimum Gasteiger partial charge on any atom is -0.373 e. The molecule has 1 aromatic carbocycles. The molecule has 0 aliphatic carbocycles. The second-order valence-electron chi connectivity index (χ2n) is 7.43. The summed E-state index contributed by atoms with van der Waals surface area (Å²) in [4.78, 5) is 16.7. The number of aromatic nitrogens is 1. The number of amides is 1. The topological polar surface area (TPSA) is 80.0 Å². The Labute approximate surface area is 200 Å². The maximum absolute atomic E-state index is 13.8. The van der Waals surface area contributed by atoms with Gasteiger partial charge in [0.1, 0.15) is 5.70 Å². The molecule has 194 valence electrons. The van der Waals surface area contributed by atoms with E-state index in [1.807, 2.05) is 13.8 Å². The van der Waals surface area contributed by atoms with Crippen molar-refractivity contribution in [3.8, 4) is 0 Å². The fraction of sp³-hybridized carbons (Fsp3) is 0.417. The molecule has 0 radical (unpaired) electrons. The van der Waals surface area contributed by atoms with Gasteiger partial charge in [0, 0.05) is 18.3 Å². The molecular formula is C24H30F6N4O. The van der Waals surface area contributed by atoms with Crippen molar-refractivity contribution in [1.29, 1.82) is 0 Å². The van der Waals surface area contributed by atoms with Crippen molar-refractivity contribution < 1.29 is 31.1 Å². The van der Waals surface area contributed by atoms with E-state index in [0.29, 0.717) is 11.3 Å². The van der Waals surface area contributed by atoms with E-state index < -0.39 is 47.2 Å². The van der Waals surface area contributed by atoms with E-state index in [-0.39, 0.29) is 12.1 Å². The summed E-state index contributed by atoms with van der Waals surface area (Å²) in [5, 5.41) is 4.62. The molecule has 0 saturated heterocycles. The summed E-state index contributed by atoms with van der Waals surface area (Å²) in [5.74, 6) is -1.08. The number of alkyl halides is 6. The highest BCUT2D eigenvalue weighted by Gasteiger charge is 2.38. The first-order chi connectivity index (χ1) is 16.3. The zero-order chi connectivity index (χ0) is 27.0. The van der Waals surface area contributed by atoms with Crippen LogP contribution in [0.3, 0.4) is 0 Å². The Kier molecular flexibility index (Phi) is 10.8. The van der Waals surface area contributed by atoms with Crippen LogP contribution < -0.4 is 16.4 Å². The van der Waals surface area contributed by atoms with E-state index in [2.05, 4.69) is 15.6 Å². The third-order valence-corrected chi connectivity index (χ3v) is 4.98. The molecule has 0 saturated carbocycles. The summed E-state index contributed by atoms with van der Waals surface area (Å²) in [5.41, 5.74) is 3.69. The number of hydrogen-bond donors (Lipinski definition) is 3. The Morgan fingerprint density at radius 2 is 1.63 bits per heavy atom. The lowest BCUT2D eigenvalue weighted by Crippen LogP contribution is -2.35. The molecule has 2 aromatic rings. The Morgan fingerprint density at radius 1 is 1.00 bits per heavy atom. The molecular weight excluding hydrogens is 474 g/mol. The van der Waals surface area contributed by atoms with Crippen LogP contribution in [0.15, 0.2) is 53.9 Å². The predicted octanol–water partition coefficient (Wildman–Crippen LogP) is 5.95. The minimum absolute atomic E-state index is 0.0637. The Balaban J connectivity index is 0.00000298. The van der Waals surface area contributed by atoms with Gasteiger partial charge in [-0.3, -0.25) is 9.78 Å². The lowest BCUT2D eigenvalue weighted by Gasteiger charge is -2.24. The number of rotatable bonds is 7. The molecule has 4 N–H and O–H groups in total. The quantitative estimate of drug-likeness (QED) is 0.322. The van der Waals surface area contributed by atoms with Crippen LogP contribution in [-0.2, 0) is 17.5 Å². The van der Waals surface area contributed by atoms with Gasteiger partial charge in [0.25, 0.3) is 0 Å². The van der Waals surface area contributed by atoms with Gasteiger partial charge in [0.2, 0.25) is 5.91 Å². The van der Waals surface area contributed by atoms with Crippen molar-refractivity contribution in [2.24, 2.45) is 5.73 Å². The molecule has 2 rings (SSSR count). The third kappa shape index (κ3) is 8.27. The Morgan fingerprint density at radius 3 is 2.17 bits per heavy atom. The number of halogens is 6. The van der Waals surface area contributed by atoms with Crippen molar-refractivity contribution in [2.75, 3.05) is 0 Å². The number of carbonyl (C=O) groups excluding carboxylic acids is 1. The number of pyridine rings is 1. The molecule has 2 atom stereocenters. The lowest BCUT2D eigenvalue weighted by atomic mass is 10.0. The van der Waals surface area contributed by atoms with E-state index in [1.165, 1.54) is 26.1 Å². The van der Waals surface area contributed by atoms with Crippen LogP contribution >= 0.6 is 0 Å². The molecule has 0 aliphatic rings. The lowest BCUT2D eigenvalue weighted by molar-refractivity contribution is -0.137. The van der Waals surface area contributed by atoms with E-state index in [9.17, 15) is 31.1 Å². The number of nitrogens with two attached hydrogens (primary N) is 1. The average molecular weight is 505 g/mol. The number of allylic oxidation sites excluding steroid dienone is 1. The highest BCUT2D eigenvalue weighted by molar-refractivity contribution is 5.94. The second-order valence-corrected chi connectivity index (χ2v) is 7.43. The maximum Gasteiger partial charge on any atom is 0.431 e. The minimum atomic E-state index is -4.90. The highest BCUT2D eigenvalue weighted by Crippen LogP contribution is 2.32. The molecule has 35 heavy (non-hydrogen) atoms. The molecule has 1 heterocycles. The van der Waals surface area contributed by atoms with Crippen LogP contribution in [0.25, 0.3) is 0 Å². The van der Waals surface area contributed by atoms with Gasteiger partial charge < -0.3 is 16.4 Å². The van der Waals surface area contributed by atoms with Gasteiger partial charge in [0.05, 0.1) is 23.3 Å². The fourth-order valence-electron chi connectivity index (χ4n) is 3.19. The zero-order valence-electron chi connectivity index (χ0n) is 20.1. The fourth-order valence-corrected chi connectivity index (χ4v) is 3.19. The smallest absolute Gasteiger partial charge is 0.373 e. The largest absolute Gasteiger partial charge is 0.431 e. The van der Waals surface area contributed by atoms with Crippen LogP contribution in [-0.4, -0.2) is 17.1 Å². The maximum atomic E-state index is 13.8. The Hall–Kier alpha value is -3.08. The monoisotopic (exact) mass is 504 g/mol. The van der Waals surface area contributed by atoms with Gasteiger partial charge in [-0.1, -0.05) is 32.0 Å². The summed E-state index contributed by atoms with van der Waals surface area (Å²) in [6, 6.07) is 5.55. The first kappa shape index (κ1) is 30.0. The van der Waals surface area contributed by atoms with Gasteiger partial charge in [-0.15, -0.1) is 0 Å². The van der Waals surface area contributed by atoms with Crippen molar-refractivity contribution in [3.63, 3.8) is 0 Å². The average Bonchev–Trinajstić information content (AvgIpc) is 2.81. The van der Waals surface area contributed by atoms with Crippen LogP contribution in [0.4, 0.5) is 26.3 Å². The predicted molar refractivity (Wildman–Crippen MR) is 122 cm³/mol. The summed E-state index contributed by atoms with van der Waals surface area (Å²) < 4.78 is 80.1. The Bertz CT molecular complexity index is 1020. The molecule has 11 heteroatoms. The number of hydrogen-bond acceptors (Lipinski definition) is 4. The highest BCUT2D eigenvalue weighted by atomic mass is 19.4. The molecule has 0 bridgehead atoms. The number of nitrogens with zero attached hydrogens (tertiary/aromatic N) is 1. The van der Waals surface area contributed by atoms with Gasteiger partial charge in [-0.25, -0.2) is 0 Å². The van der Waals surface area contributed by atoms with E-state index in [4.69, 9.17) is 5.73 Å². The van der Waals surface area contributed by atoms with Crippen molar-refractivity contribution in [3.05, 3.63) is 76.2 Å².